The second-order valence-corrected chi connectivity index (χ2v) is 4.87. The van der Waals surface area contributed by atoms with E-state index in [1.165, 1.54) is 12.0 Å². The molecule has 0 amide bonds. The highest BCUT2D eigenvalue weighted by Gasteiger charge is 2.37. The van der Waals surface area contributed by atoms with E-state index in [-0.39, 0.29) is 11.8 Å². The average molecular weight is 212 g/mol. The summed E-state index contributed by atoms with van der Waals surface area (Å²) in [6.07, 6.45) is 7.72. The summed E-state index contributed by atoms with van der Waals surface area (Å²) in [5, 5.41) is 0. The second kappa shape index (κ2) is 3.89. The molecule has 2 bridgehead atoms. The van der Waals surface area contributed by atoms with Gasteiger partial charge in [0.2, 0.25) is 0 Å². The quantitative estimate of drug-likeness (QED) is 0.653. The summed E-state index contributed by atoms with van der Waals surface area (Å²) in [7, 11) is 0. The number of carbonyl (C=O) groups excluding carboxylic acids is 1. The molecule has 0 heterocycles. The SMILES string of the molecule is O=C1C2C=C[C@@H](c3ccccc3)C1CCC2. The number of ketones is 1. The van der Waals surface area contributed by atoms with Crippen molar-refractivity contribution in [2.45, 2.75) is 25.2 Å². The van der Waals surface area contributed by atoms with Crippen molar-refractivity contribution in [2.75, 3.05) is 0 Å². The van der Waals surface area contributed by atoms with Crippen molar-refractivity contribution in [1.29, 1.82) is 0 Å². The highest BCUT2D eigenvalue weighted by Crippen LogP contribution is 2.41. The smallest absolute Gasteiger partial charge is 0.143 e. The largest absolute Gasteiger partial charge is 0.299 e. The maximum Gasteiger partial charge on any atom is 0.143 e. The predicted octanol–water partition coefficient (Wildman–Crippen LogP) is 3.33. The lowest BCUT2D eigenvalue weighted by Crippen LogP contribution is -2.34. The molecule has 1 aromatic rings. The molecule has 0 saturated heterocycles. The molecule has 0 aliphatic heterocycles. The van der Waals surface area contributed by atoms with Gasteiger partial charge in [-0.15, -0.1) is 0 Å². The minimum absolute atomic E-state index is 0.221. The first-order valence-electron chi connectivity index (χ1n) is 6.13. The summed E-state index contributed by atoms with van der Waals surface area (Å²) in [5.41, 5.74) is 1.29. The number of allylic oxidation sites excluding steroid dienone is 2. The lowest BCUT2D eigenvalue weighted by Gasteiger charge is -2.35. The third-order valence-corrected chi connectivity index (χ3v) is 3.93. The van der Waals surface area contributed by atoms with Gasteiger partial charge in [0.15, 0.2) is 0 Å². The zero-order chi connectivity index (χ0) is 11.0. The van der Waals surface area contributed by atoms with Crippen LogP contribution in [0, 0.1) is 11.8 Å². The molecule has 82 valence electrons. The summed E-state index contributed by atoms with van der Waals surface area (Å²) < 4.78 is 0. The lowest BCUT2D eigenvalue weighted by atomic mass is 9.68. The van der Waals surface area contributed by atoms with Crippen molar-refractivity contribution >= 4 is 5.78 Å². The van der Waals surface area contributed by atoms with Crippen molar-refractivity contribution in [3.05, 3.63) is 48.0 Å². The molecule has 1 heteroatoms. The van der Waals surface area contributed by atoms with Gasteiger partial charge >= 0.3 is 0 Å². The molecule has 2 unspecified atom stereocenters. The van der Waals surface area contributed by atoms with Crippen LogP contribution in [0.15, 0.2) is 42.5 Å². The van der Waals surface area contributed by atoms with E-state index in [2.05, 4.69) is 36.4 Å². The molecule has 0 radical (unpaired) electrons. The Morgan fingerprint density at radius 3 is 2.62 bits per heavy atom. The highest BCUT2D eigenvalue weighted by molar-refractivity contribution is 5.88. The van der Waals surface area contributed by atoms with Gasteiger partial charge in [-0.25, -0.2) is 0 Å². The van der Waals surface area contributed by atoms with Gasteiger partial charge in [-0.3, -0.25) is 4.79 Å². The molecule has 1 nitrogen and oxygen atoms in total. The summed E-state index contributed by atoms with van der Waals surface area (Å²) in [5.74, 6) is 1.26. The van der Waals surface area contributed by atoms with Crippen molar-refractivity contribution in [2.24, 2.45) is 11.8 Å². The zero-order valence-corrected chi connectivity index (χ0v) is 9.30. The van der Waals surface area contributed by atoms with Crippen molar-refractivity contribution < 1.29 is 4.79 Å². The van der Waals surface area contributed by atoms with E-state index in [9.17, 15) is 4.79 Å². The molecule has 0 N–H and O–H groups in total. The Kier molecular flexibility index (Phi) is 2.39. The average Bonchev–Trinajstić information content (AvgIpc) is 2.30. The molecular weight excluding hydrogens is 196 g/mol. The normalized spacial score (nSPS) is 32.8. The van der Waals surface area contributed by atoms with E-state index < -0.39 is 0 Å². The Hall–Kier alpha value is -1.37. The third-order valence-electron chi connectivity index (χ3n) is 3.93. The van der Waals surface area contributed by atoms with Gasteiger partial charge in [0.1, 0.15) is 5.78 Å². The van der Waals surface area contributed by atoms with E-state index >= 15 is 0 Å². The van der Waals surface area contributed by atoms with Crippen molar-refractivity contribution in [3.8, 4) is 0 Å². The van der Waals surface area contributed by atoms with E-state index in [0.29, 0.717) is 11.7 Å². The van der Waals surface area contributed by atoms with E-state index in [0.717, 1.165) is 12.8 Å². The van der Waals surface area contributed by atoms with Crippen LogP contribution in [0.2, 0.25) is 0 Å². The van der Waals surface area contributed by atoms with Crippen LogP contribution >= 0.6 is 0 Å². The van der Waals surface area contributed by atoms with E-state index in [1.54, 1.807) is 0 Å². The minimum atomic E-state index is 0.221. The third kappa shape index (κ3) is 1.51. The first-order chi connectivity index (χ1) is 7.86. The number of fused-ring (bicyclic) bond motifs is 2. The van der Waals surface area contributed by atoms with Crippen molar-refractivity contribution in [1.82, 2.24) is 0 Å². The fourth-order valence-electron chi connectivity index (χ4n) is 3.07. The van der Waals surface area contributed by atoms with Crippen LogP contribution in [0.5, 0.6) is 0 Å². The fourth-order valence-corrected chi connectivity index (χ4v) is 3.07. The van der Waals surface area contributed by atoms with Crippen LogP contribution < -0.4 is 0 Å². The van der Waals surface area contributed by atoms with Gasteiger partial charge in [0, 0.05) is 17.8 Å². The molecule has 2 aliphatic rings. The van der Waals surface area contributed by atoms with Gasteiger partial charge < -0.3 is 0 Å². The Labute approximate surface area is 96.2 Å². The summed E-state index contributed by atoms with van der Waals surface area (Å²) >= 11 is 0. The molecule has 2 aliphatic carbocycles. The number of benzene rings is 1. The van der Waals surface area contributed by atoms with E-state index in [1.807, 2.05) is 6.07 Å². The highest BCUT2D eigenvalue weighted by atomic mass is 16.1. The molecule has 16 heavy (non-hydrogen) atoms. The first kappa shape index (κ1) is 9.83. The summed E-state index contributed by atoms with van der Waals surface area (Å²) in [6.45, 7) is 0. The Balaban J connectivity index is 1.97. The van der Waals surface area contributed by atoms with Crippen molar-refractivity contribution in [3.63, 3.8) is 0 Å². The van der Waals surface area contributed by atoms with Crippen LogP contribution in [0.1, 0.15) is 30.7 Å². The van der Waals surface area contributed by atoms with Crippen LogP contribution in [0.25, 0.3) is 0 Å². The Morgan fingerprint density at radius 1 is 1.00 bits per heavy atom. The molecule has 0 spiro atoms. The lowest BCUT2D eigenvalue weighted by molar-refractivity contribution is -0.128. The number of hydrogen-bond donors (Lipinski definition) is 0. The Bertz CT molecular complexity index is 418. The van der Waals surface area contributed by atoms with Crippen LogP contribution in [-0.2, 0) is 4.79 Å². The van der Waals surface area contributed by atoms with Crippen LogP contribution in [0.3, 0.4) is 0 Å². The predicted molar refractivity (Wildman–Crippen MR) is 64.2 cm³/mol. The maximum absolute atomic E-state index is 12.1. The molecule has 1 aromatic carbocycles. The molecule has 3 rings (SSSR count). The number of carbonyl (C=O) groups is 1. The number of hydrogen-bond acceptors (Lipinski definition) is 1. The monoisotopic (exact) mass is 212 g/mol. The van der Waals surface area contributed by atoms with Crippen LogP contribution in [0.4, 0.5) is 0 Å². The minimum Gasteiger partial charge on any atom is -0.299 e. The topological polar surface area (TPSA) is 17.1 Å². The summed E-state index contributed by atoms with van der Waals surface area (Å²) in [6, 6.07) is 10.4. The van der Waals surface area contributed by atoms with Gasteiger partial charge in [-0.1, -0.05) is 48.9 Å². The number of Topliss-reactive ketones (excluding diaryl/α,β-unsaturated/α-hetero) is 1. The maximum atomic E-state index is 12.1. The van der Waals surface area contributed by atoms with Gasteiger partial charge in [0.25, 0.3) is 0 Å². The molecule has 0 aromatic heterocycles. The van der Waals surface area contributed by atoms with Gasteiger partial charge in [-0.2, -0.15) is 0 Å². The second-order valence-electron chi connectivity index (χ2n) is 4.87. The molecule has 3 atom stereocenters. The van der Waals surface area contributed by atoms with Gasteiger partial charge in [-0.05, 0) is 18.4 Å². The Morgan fingerprint density at radius 2 is 1.81 bits per heavy atom. The first-order valence-corrected chi connectivity index (χ1v) is 6.13. The van der Waals surface area contributed by atoms with E-state index in [4.69, 9.17) is 0 Å². The van der Waals surface area contributed by atoms with Crippen LogP contribution in [-0.4, -0.2) is 5.78 Å². The standard InChI is InChI=1S/C15H16O/c16-15-12-7-4-8-14(15)13(10-9-12)11-5-2-1-3-6-11/h1-3,5-6,9-10,12-14H,4,7-8H2/t12?,13-,14?/m0/s1. The fraction of sp³-hybridized carbons (Fsp3) is 0.400. The molecule has 1 saturated carbocycles. The zero-order valence-electron chi connectivity index (χ0n) is 9.30. The number of rotatable bonds is 1. The van der Waals surface area contributed by atoms with Gasteiger partial charge in [0.05, 0.1) is 0 Å². The molecule has 1 fully saturated rings. The summed E-state index contributed by atoms with van der Waals surface area (Å²) in [4.78, 5) is 12.1. The molecular formula is C15H16O.